The smallest absolute Gasteiger partial charge is 0.0536 e. The Morgan fingerprint density at radius 3 is 1.73 bits per heavy atom. The minimum absolute atomic E-state index is 0.233. The second kappa shape index (κ2) is 13.8. The summed E-state index contributed by atoms with van der Waals surface area (Å²) < 4.78 is 5.42. The molecule has 0 saturated heterocycles. The maximum atomic E-state index is 2.41. The summed E-state index contributed by atoms with van der Waals surface area (Å²) in [6.45, 7) is 0. The van der Waals surface area contributed by atoms with Gasteiger partial charge in [-0.3, -0.25) is 0 Å². The Hall–Kier alpha value is -6.21. The number of fused-ring (bicyclic) bond motifs is 6. The third-order valence-electron chi connectivity index (χ3n) is 10.8. The molecular weight excluding hydrogens is 812 g/mol. The minimum atomic E-state index is -0.233. The summed E-state index contributed by atoms with van der Waals surface area (Å²) in [6, 6.07) is 75.6. The van der Waals surface area contributed by atoms with Gasteiger partial charge in [-0.15, -0.1) is 11.3 Å². The normalized spacial score (nSPS) is 12.0. The number of halogens is 1. The second-order valence-corrected chi connectivity index (χ2v) is 18.0. The monoisotopic (exact) mass is 845 g/mol. The van der Waals surface area contributed by atoms with Crippen molar-refractivity contribution < 1.29 is 21.2 Å². The Balaban J connectivity index is 1.02. The topological polar surface area (TPSA) is 8.17 Å². The standard InChI is InChI=1S/C52H34IN2S/c1-3-12-36(13-4-1)50-32-33-51(56-50)37-24-28-40(29-25-37)54(39-26-22-35(23-27-39)42-18-11-19-45-43-16-7-9-20-47(43)53-52(42)45)41-30-31-49-46(34-41)44-17-8-10-21-48(44)55(49)38-14-5-2-6-15-38/h1-34H/q-1. The van der Waals surface area contributed by atoms with Gasteiger partial charge in [0, 0.05) is 10.6 Å². The van der Waals surface area contributed by atoms with Crippen LogP contribution in [0.1, 0.15) is 0 Å². The predicted octanol–water partition coefficient (Wildman–Crippen LogP) is 11.4. The van der Waals surface area contributed by atoms with Crippen LogP contribution in [0.5, 0.6) is 0 Å². The molecule has 0 N–H and O–H groups in total. The van der Waals surface area contributed by atoms with Gasteiger partial charge in [-0.25, -0.2) is 0 Å². The van der Waals surface area contributed by atoms with E-state index in [9.17, 15) is 0 Å². The summed E-state index contributed by atoms with van der Waals surface area (Å²) in [6.07, 6.45) is 0. The number of hydrogen-bond acceptors (Lipinski definition) is 2. The Morgan fingerprint density at radius 2 is 0.964 bits per heavy atom. The number of nitrogens with zero attached hydrogens (tertiary/aromatic N) is 2. The molecule has 0 aliphatic carbocycles. The maximum Gasteiger partial charge on any atom is -0.0536 e. The first-order chi connectivity index (χ1) is 27.8. The van der Waals surface area contributed by atoms with Crippen molar-refractivity contribution in [1.82, 2.24) is 4.57 Å². The van der Waals surface area contributed by atoms with Gasteiger partial charge in [-0.2, -0.15) is 0 Å². The third kappa shape index (κ3) is 5.67. The third-order valence-corrected chi connectivity index (χ3v) is 15.2. The summed E-state index contributed by atoms with van der Waals surface area (Å²) in [5.41, 5.74) is 14.8. The van der Waals surface area contributed by atoms with E-state index in [1.165, 1.54) is 72.1 Å². The number of anilines is 3. The van der Waals surface area contributed by atoms with E-state index in [2.05, 4.69) is 216 Å². The van der Waals surface area contributed by atoms with Crippen molar-refractivity contribution in [3.8, 4) is 48.8 Å². The number of rotatable bonds is 7. The molecule has 1 aliphatic rings. The molecular formula is C52H34IN2S-. The fourth-order valence-corrected chi connectivity index (χ4v) is 12.4. The molecule has 0 atom stereocenters. The van der Waals surface area contributed by atoms with Gasteiger partial charge in [0.2, 0.25) is 0 Å². The molecule has 3 heterocycles. The van der Waals surface area contributed by atoms with Gasteiger partial charge in [0.25, 0.3) is 0 Å². The van der Waals surface area contributed by atoms with E-state index in [0.717, 1.165) is 22.7 Å². The quantitative estimate of drug-likeness (QED) is 0.145. The average Bonchev–Trinajstić information content (AvgIpc) is 4.00. The number of benzene rings is 8. The molecule has 4 heteroatoms. The molecule has 0 fully saturated rings. The van der Waals surface area contributed by atoms with E-state index < -0.39 is 0 Å². The Bertz CT molecular complexity index is 3030. The zero-order chi connectivity index (χ0) is 37.0. The molecule has 2 aromatic heterocycles. The minimum Gasteiger partial charge on any atom is -0.135 e. The molecule has 2 nitrogen and oxygen atoms in total. The van der Waals surface area contributed by atoms with Gasteiger partial charge in [0.15, 0.2) is 0 Å². The zero-order valence-corrected chi connectivity index (χ0v) is 33.3. The van der Waals surface area contributed by atoms with E-state index in [4.69, 9.17) is 0 Å². The van der Waals surface area contributed by atoms with Crippen LogP contribution in [0.3, 0.4) is 0 Å². The number of para-hydroxylation sites is 2. The van der Waals surface area contributed by atoms with Gasteiger partial charge in [0.05, 0.1) is 0 Å². The molecule has 0 bridgehead atoms. The molecule has 0 spiro atoms. The number of aromatic nitrogens is 1. The van der Waals surface area contributed by atoms with Crippen LogP contribution in [0.4, 0.5) is 17.1 Å². The van der Waals surface area contributed by atoms with Crippen molar-refractivity contribution in [2.24, 2.45) is 0 Å². The SMILES string of the molecule is c1ccc(-c2ccc(-c3ccc(N(c4ccc(-c5cccc6c5[I-]c5ccccc5-6)cc4)c4ccc5c(c4)c4ccccc4n5-c4ccccc4)cc3)s2)cc1. The predicted molar refractivity (Wildman–Crippen MR) is 232 cm³/mol. The van der Waals surface area contributed by atoms with E-state index >= 15 is 0 Å². The van der Waals surface area contributed by atoms with Crippen LogP contribution >= 0.6 is 11.3 Å². The summed E-state index contributed by atoms with van der Waals surface area (Å²) in [7, 11) is 0. The van der Waals surface area contributed by atoms with Crippen LogP contribution < -0.4 is 26.1 Å². The molecule has 11 rings (SSSR count). The van der Waals surface area contributed by atoms with Crippen LogP contribution in [0.2, 0.25) is 0 Å². The fourth-order valence-electron chi connectivity index (χ4n) is 8.15. The number of hydrogen-bond donors (Lipinski definition) is 0. The first kappa shape index (κ1) is 33.2. The fraction of sp³-hybridized carbons (Fsp3) is 0. The van der Waals surface area contributed by atoms with Crippen LogP contribution in [-0.2, 0) is 0 Å². The van der Waals surface area contributed by atoms with Gasteiger partial charge in [-0.1, -0.05) is 60.7 Å². The molecule has 10 aromatic rings. The summed E-state index contributed by atoms with van der Waals surface area (Å²) >= 11 is 1.61. The first-order valence-corrected chi connectivity index (χ1v) is 21.9. The van der Waals surface area contributed by atoms with Crippen molar-refractivity contribution in [2.45, 2.75) is 0 Å². The molecule has 0 amide bonds. The zero-order valence-electron chi connectivity index (χ0n) is 30.3. The summed E-state index contributed by atoms with van der Waals surface area (Å²) in [5.74, 6) is 0. The maximum absolute atomic E-state index is 2.41. The van der Waals surface area contributed by atoms with Gasteiger partial charge < -0.3 is 0 Å². The summed E-state index contributed by atoms with van der Waals surface area (Å²) in [4.78, 5) is 4.95. The Labute approximate surface area is 340 Å². The first-order valence-electron chi connectivity index (χ1n) is 18.9. The van der Waals surface area contributed by atoms with Gasteiger partial charge in [0.1, 0.15) is 0 Å². The van der Waals surface area contributed by atoms with Crippen molar-refractivity contribution in [3.05, 3.63) is 213 Å². The average molecular weight is 846 g/mol. The van der Waals surface area contributed by atoms with Gasteiger partial charge in [-0.05, 0) is 35.9 Å². The molecule has 1 aliphatic heterocycles. The Kier molecular flexibility index (Phi) is 8.18. The van der Waals surface area contributed by atoms with Crippen LogP contribution in [-0.4, -0.2) is 4.57 Å². The molecule has 0 saturated carbocycles. The van der Waals surface area contributed by atoms with E-state index in [0.29, 0.717) is 0 Å². The molecule has 8 aromatic carbocycles. The molecule has 0 radical (unpaired) electrons. The van der Waals surface area contributed by atoms with Crippen LogP contribution in [0, 0.1) is 7.14 Å². The largest absolute Gasteiger partial charge is 0.135 e. The second-order valence-electron chi connectivity index (χ2n) is 14.1. The van der Waals surface area contributed by atoms with Gasteiger partial charge >= 0.3 is 225 Å². The Morgan fingerprint density at radius 1 is 0.393 bits per heavy atom. The van der Waals surface area contributed by atoms with E-state index in [1.807, 2.05) is 11.3 Å². The summed E-state index contributed by atoms with van der Waals surface area (Å²) in [5, 5.41) is 2.48. The van der Waals surface area contributed by atoms with Crippen molar-refractivity contribution in [3.63, 3.8) is 0 Å². The van der Waals surface area contributed by atoms with E-state index in [1.54, 1.807) is 0 Å². The van der Waals surface area contributed by atoms with E-state index in [-0.39, 0.29) is 21.2 Å². The van der Waals surface area contributed by atoms with Crippen LogP contribution in [0.15, 0.2) is 206 Å². The van der Waals surface area contributed by atoms with Crippen molar-refractivity contribution in [1.29, 1.82) is 0 Å². The van der Waals surface area contributed by atoms with Crippen molar-refractivity contribution >= 4 is 50.2 Å². The number of thiophene rings is 1. The van der Waals surface area contributed by atoms with Crippen molar-refractivity contribution in [2.75, 3.05) is 4.90 Å². The molecule has 266 valence electrons. The van der Waals surface area contributed by atoms with Crippen LogP contribution in [0.25, 0.3) is 70.6 Å². The molecule has 56 heavy (non-hydrogen) atoms. The molecule has 0 unspecified atom stereocenters.